The highest BCUT2D eigenvalue weighted by molar-refractivity contribution is 6.25. The third-order valence-corrected chi connectivity index (χ3v) is 6.83. The fraction of sp³-hybridized carbons (Fsp3) is 0.276. The molecule has 0 aromatic heterocycles. The van der Waals surface area contributed by atoms with Crippen LogP contribution in [0, 0.1) is 0 Å². The number of hydrogen-bond donors (Lipinski definition) is 0. The van der Waals surface area contributed by atoms with Gasteiger partial charge in [-0.05, 0) is 29.5 Å². The van der Waals surface area contributed by atoms with Crippen molar-refractivity contribution in [2.45, 2.75) is 12.8 Å². The Hall–Kier alpha value is -3.77. The van der Waals surface area contributed by atoms with Crippen molar-refractivity contribution in [1.29, 1.82) is 0 Å². The SMILES string of the molecule is O=C(CCCN1C(=O)c2cccc3cccc(c23)C1=O)N1CCN(C/C=C\c2ccccc2)CC1. The summed E-state index contributed by atoms with van der Waals surface area (Å²) in [5.41, 5.74) is 2.30. The number of nitrogens with zero attached hydrogens (tertiary/aromatic N) is 3. The number of piperazine rings is 1. The molecule has 0 atom stereocenters. The van der Waals surface area contributed by atoms with E-state index in [2.05, 4.69) is 29.2 Å². The average Bonchev–Trinajstić information content (AvgIpc) is 2.90. The van der Waals surface area contributed by atoms with Gasteiger partial charge in [0.2, 0.25) is 5.91 Å². The molecular formula is C29H29N3O3. The zero-order valence-electron chi connectivity index (χ0n) is 19.7. The predicted molar refractivity (Wildman–Crippen MR) is 137 cm³/mol. The first-order valence-electron chi connectivity index (χ1n) is 12.2. The average molecular weight is 468 g/mol. The maximum Gasteiger partial charge on any atom is 0.261 e. The maximum atomic E-state index is 13.0. The second-order valence-electron chi connectivity index (χ2n) is 9.07. The van der Waals surface area contributed by atoms with E-state index in [1.54, 1.807) is 12.1 Å². The second-order valence-corrected chi connectivity index (χ2v) is 9.07. The van der Waals surface area contributed by atoms with E-state index in [4.69, 9.17) is 0 Å². The highest BCUT2D eigenvalue weighted by atomic mass is 16.2. The summed E-state index contributed by atoms with van der Waals surface area (Å²) in [4.78, 5) is 44.3. The number of benzene rings is 3. The minimum Gasteiger partial charge on any atom is -0.340 e. The second kappa shape index (κ2) is 10.2. The van der Waals surface area contributed by atoms with Crippen molar-refractivity contribution in [3.8, 4) is 0 Å². The lowest BCUT2D eigenvalue weighted by atomic mass is 9.94. The first-order chi connectivity index (χ1) is 17.1. The molecule has 3 aromatic carbocycles. The molecule has 2 aliphatic rings. The minimum atomic E-state index is -0.274. The zero-order valence-corrected chi connectivity index (χ0v) is 19.7. The van der Waals surface area contributed by atoms with Crippen LogP contribution in [0.25, 0.3) is 16.8 Å². The third-order valence-electron chi connectivity index (χ3n) is 6.83. The Morgan fingerprint density at radius 2 is 1.46 bits per heavy atom. The molecule has 35 heavy (non-hydrogen) atoms. The molecule has 2 aliphatic heterocycles. The van der Waals surface area contributed by atoms with E-state index in [-0.39, 0.29) is 24.3 Å². The van der Waals surface area contributed by atoms with Crippen molar-refractivity contribution in [2.75, 3.05) is 39.3 Å². The molecule has 0 bridgehead atoms. The number of carbonyl (C=O) groups is 3. The van der Waals surface area contributed by atoms with Crippen LogP contribution in [0.15, 0.2) is 72.8 Å². The van der Waals surface area contributed by atoms with Gasteiger partial charge in [0, 0.05) is 62.2 Å². The lowest BCUT2D eigenvalue weighted by Gasteiger charge is -2.34. The van der Waals surface area contributed by atoms with E-state index in [1.165, 1.54) is 10.5 Å². The van der Waals surface area contributed by atoms with Crippen molar-refractivity contribution in [2.24, 2.45) is 0 Å². The van der Waals surface area contributed by atoms with Gasteiger partial charge in [0.15, 0.2) is 0 Å². The van der Waals surface area contributed by atoms with E-state index in [9.17, 15) is 14.4 Å². The van der Waals surface area contributed by atoms with Gasteiger partial charge in [-0.3, -0.25) is 24.2 Å². The van der Waals surface area contributed by atoms with Crippen LogP contribution in [0.3, 0.4) is 0 Å². The molecule has 0 unspecified atom stereocenters. The van der Waals surface area contributed by atoms with Crippen LogP contribution >= 0.6 is 0 Å². The molecule has 3 aromatic rings. The zero-order chi connectivity index (χ0) is 24.2. The Morgan fingerprint density at radius 1 is 0.800 bits per heavy atom. The van der Waals surface area contributed by atoms with E-state index in [0.717, 1.165) is 30.4 Å². The van der Waals surface area contributed by atoms with E-state index in [1.807, 2.05) is 47.4 Å². The lowest BCUT2D eigenvalue weighted by molar-refractivity contribution is -0.133. The van der Waals surface area contributed by atoms with Crippen LogP contribution in [0.5, 0.6) is 0 Å². The highest BCUT2D eigenvalue weighted by Crippen LogP contribution is 2.30. The molecule has 2 heterocycles. The molecule has 3 amide bonds. The van der Waals surface area contributed by atoms with Gasteiger partial charge in [-0.15, -0.1) is 0 Å². The van der Waals surface area contributed by atoms with Crippen LogP contribution in [0.4, 0.5) is 0 Å². The Kier molecular flexibility index (Phi) is 6.73. The molecule has 5 rings (SSSR count). The highest BCUT2D eigenvalue weighted by Gasteiger charge is 2.32. The summed E-state index contributed by atoms with van der Waals surface area (Å²) >= 11 is 0. The lowest BCUT2D eigenvalue weighted by Crippen LogP contribution is -2.48. The molecular weight excluding hydrogens is 438 g/mol. The van der Waals surface area contributed by atoms with Crippen LogP contribution in [-0.2, 0) is 4.79 Å². The molecule has 1 fully saturated rings. The Morgan fingerprint density at radius 3 is 2.11 bits per heavy atom. The molecule has 1 saturated heterocycles. The monoisotopic (exact) mass is 467 g/mol. The number of rotatable bonds is 7. The molecule has 0 aliphatic carbocycles. The largest absolute Gasteiger partial charge is 0.340 e. The van der Waals surface area contributed by atoms with Gasteiger partial charge in [-0.25, -0.2) is 0 Å². The molecule has 0 spiro atoms. The van der Waals surface area contributed by atoms with Gasteiger partial charge < -0.3 is 4.90 Å². The number of hydrogen-bond acceptors (Lipinski definition) is 4. The van der Waals surface area contributed by atoms with Crippen molar-refractivity contribution in [3.05, 3.63) is 89.5 Å². The third kappa shape index (κ3) is 4.88. The first-order valence-corrected chi connectivity index (χ1v) is 12.2. The van der Waals surface area contributed by atoms with E-state index < -0.39 is 0 Å². The molecule has 6 nitrogen and oxygen atoms in total. The van der Waals surface area contributed by atoms with Crippen LogP contribution in [0.1, 0.15) is 39.1 Å². The fourth-order valence-corrected chi connectivity index (χ4v) is 4.91. The van der Waals surface area contributed by atoms with Crippen LogP contribution < -0.4 is 0 Å². The number of amides is 3. The Labute approximate surface area is 205 Å². The summed E-state index contributed by atoms with van der Waals surface area (Å²) in [5, 5.41) is 1.63. The van der Waals surface area contributed by atoms with Gasteiger partial charge in [-0.2, -0.15) is 0 Å². The van der Waals surface area contributed by atoms with Gasteiger partial charge in [0.05, 0.1) is 0 Å². The molecule has 6 heteroatoms. The fourth-order valence-electron chi connectivity index (χ4n) is 4.91. The van der Waals surface area contributed by atoms with E-state index in [0.29, 0.717) is 37.1 Å². The first kappa shape index (κ1) is 23.0. The number of imide groups is 1. The van der Waals surface area contributed by atoms with Crippen molar-refractivity contribution in [1.82, 2.24) is 14.7 Å². The van der Waals surface area contributed by atoms with E-state index >= 15 is 0 Å². The van der Waals surface area contributed by atoms with Gasteiger partial charge in [0.1, 0.15) is 0 Å². The Balaban J connectivity index is 1.10. The van der Waals surface area contributed by atoms with Gasteiger partial charge in [-0.1, -0.05) is 66.7 Å². The van der Waals surface area contributed by atoms with Crippen molar-refractivity contribution >= 4 is 34.6 Å². The summed E-state index contributed by atoms with van der Waals surface area (Å²) < 4.78 is 0. The normalized spacial score (nSPS) is 16.5. The summed E-state index contributed by atoms with van der Waals surface area (Å²) in [5.74, 6) is -0.461. The van der Waals surface area contributed by atoms with Gasteiger partial charge >= 0.3 is 0 Å². The van der Waals surface area contributed by atoms with Crippen LogP contribution in [0.2, 0.25) is 0 Å². The molecule has 0 saturated carbocycles. The predicted octanol–water partition coefficient (Wildman–Crippen LogP) is 4.07. The quantitative estimate of drug-likeness (QED) is 0.492. The van der Waals surface area contributed by atoms with Crippen molar-refractivity contribution in [3.63, 3.8) is 0 Å². The van der Waals surface area contributed by atoms with Crippen molar-refractivity contribution < 1.29 is 14.4 Å². The van der Waals surface area contributed by atoms with Gasteiger partial charge in [0.25, 0.3) is 11.8 Å². The molecule has 0 N–H and O–H groups in total. The topological polar surface area (TPSA) is 60.9 Å². The summed E-state index contributed by atoms with van der Waals surface area (Å²) in [7, 11) is 0. The Bertz CT molecular complexity index is 1230. The maximum absolute atomic E-state index is 13.0. The summed E-state index contributed by atoms with van der Waals surface area (Å²) in [6.07, 6.45) is 5.09. The smallest absolute Gasteiger partial charge is 0.261 e. The van der Waals surface area contributed by atoms with Crippen LogP contribution in [-0.4, -0.2) is 71.7 Å². The molecule has 178 valence electrons. The summed E-state index contributed by atoms with van der Waals surface area (Å²) in [6.45, 7) is 4.20. The standard InChI is InChI=1S/C29H29N3O3/c33-26(31-20-18-30(19-21-31)16-6-10-22-8-2-1-3-9-22)15-7-17-32-28(34)24-13-4-11-23-12-5-14-25(27(23)24)29(32)35/h1-6,8-14H,7,15-21H2/b10-6-. The summed E-state index contributed by atoms with van der Waals surface area (Å²) in [6, 6.07) is 21.3. The minimum absolute atomic E-state index is 0.0869. The molecule has 0 radical (unpaired) electrons. The number of carbonyl (C=O) groups excluding carboxylic acids is 3.